The summed E-state index contributed by atoms with van der Waals surface area (Å²) in [6, 6.07) is 9.98. The predicted octanol–water partition coefficient (Wildman–Crippen LogP) is 2.43. The van der Waals surface area contributed by atoms with E-state index >= 15 is 0 Å². The molecule has 1 aromatic carbocycles. The minimum absolute atomic E-state index is 0.555. The lowest BCUT2D eigenvalue weighted by atomic mass is 10.2. The van der Waals surface area contributed by atoms with Crippen LogP contribution >= 0.6 is 12.2 Å². The Bertz CT molecular complexity index is 327. The van der Waals surface area contributed by atoms with Gasteiger partial charge in [0.05, 0.1) is 4.86 Å². The summed E-state index contributed by atoms with van der Waals surface area (Å²) in [5, 5.41) is 0. The van der Waals surface area contributed by atoms with Crippen molar-refractivity contribution in [1.82, 2.24) is 0 Å². The van der Waals surface area contributed by atoms with E-state index in [9.17, 15) is 0 Å². The van der Waals surface area contributed by atoms with Crippen LogP contribution in [0.25, 0.3) is 5.76 Å². The van der Waals surface area contributed by atoms with E-state index in [0.29, 0.717) is 6.61 Å². The van der Waals surface area contributed by atoms with Crippen molar-refractivity contribution in [1.29, 1.82) is 0 Å². The van der Waals surface area contributed by atoms with E-state index in [-0.39, 0.29) is 0 Å². The maximum Gasteiger partial charge on any atom is 0.128 e. The van der Waals surface area contributed by atoms with Gasteiger partial charge >= 0.3 is 0 Å². The molecule has 12 heavy (non-hydrogen) atoms. The van der Waals surface area contributed by atoms with E-state index in [1.165, 1.54) is 0 Å². The van der Waals surface area contributed by atoms with Crippen LogP contribution in [0.5, 0.6) is 0 Å². The first kappa shape index (κ1) is 7.50. The van der Waals surface area contributed by atoms with Crippen molar-refractivity contribution < 1.29 is 4.74 Å². The molecule has 0 aliphatic carbocycles. The molecule has 0 aromatic heterocycles. The molecule has 0 bridgehead atoms. The minimum atomic E-state index is 0.555. The summed E-state index contributed by atoms with van der Waals surface area (Å²) < 4.78 is 5.37. The van der Waals surface area contributed by atoms with Gasteiger partial charge in [0.1, 0.15) is 12.4 Å². The zero-order valence-corrected chi connectivity index (χ0v) is 7.30. The SMILES string of the molecule is S=C1C=C(c2ccccc2)OC1. The van der Waals surface area contributed by atoms with E-state index < -0.39 is 0 Å². The second kappa shape index (κ2) is 3.07. The van der Waals surface area contributed by atoms with E-state index in [0.717, 1.165) is 16.2 Å². The first-order valence-electron chi connectivity index (χ1n) is 3.79. The number of hydrogen-bond acceptors (Lipinski definition) is 2. The first-order chi connectivity index (χ1) is 5.86. The van der Waals surface area contributed by atoms with Gasteiger partial charge in [-0.25, -0.2) is 0 Å². The highest BCUT2D eigenvalue weighted by Crippen LogP contribution is 2.19. The zero-order chi connectivity index (χ0) is 8.39. The highest BCUT2D eigenvalue weighted by molar-refractivity contribution is 7.80. The molecule has 0 N–H and O–H groups in total. The first-order valence-corrected chi connectivity index (χ1v) is 4.20. The summed E-state index contributed by atoms with van der Waals surface area (Å²) in [7, 11) is 0. The summed E-state index contributed by atoms with van der Waals surface area (Å²) in [4.78, 5) is 0.869. The summed E-state index contributed by atoms with van der Waals surface area (Å²) in [5.74, 6) is 0.889. The molecule has 0 unspecified atom stereocenters. The third-order valence-corrected chi connectivity index (χ3v) is 1.96. The second-order valence-corrected chi connectivity index (χ2v) is 3.15. The maximum absolute atomic E-state index is 5.37. The topological polar surface area (TPSA) is 9.23 Å². The van der Waals surface area contributed by atoms with Crippen LogP contribution in [0, 0.1) is 0 Å². The molecule has 1 aliphatic rings. The van der Waals surface area contributed by atoms with E-state index in [4.69, 9.17) is 17.0 Å². The molecule has 2 heteroatoms. The van der Waals surface area contributed by atoms with Gasteiger partial charge in [0, 0.05) is 5.56 Å². The van der Waals surface area contributed by atoms with Gasteiger partial charge in [-0.3, -0.25) is 0 Å². The largest absolute Gasteiger partial charge is 0.487 e. The standard InChI is InChI=1S/C10H8OS/c12-9-6-10(11-7-9)8-4-2-1-3-5-8/h1-6H,7H2. The van der Waals surface area contributed by atoms with Crippen LogP contribution in [0.2, 0.25) is 0 Å². The Morgan fingerprint density at radius 3 is 2.50 bits per heavy atom. The molecule has 1 aromatic rings. The molecule has 1 heterocycles. The van der Waals surface area contributed by atoms with Crippen LogP contribution < -0.4 is 0 Å². The summed E-state index contributed by atoms with van der Waals surface area (Å²) in [6.45, 7) is 0.555. The summed E-state index contributed by atoms with van der Waals surface area (Å²) in [6.07, 6.45) is 1.91. The molecule has 60 valence electrons. The van der Waals surface area contributed by atoms with Crippen LogP contribution in [-0.2, 0) is 4.74 Å². The Balaban J connectivity index is 2.33. The molecule has 0 atom stereocenters. The molecule has 1 nitrogen and oxygen atoms in total. The van der Waals surface area contributed by atoms with Crippen LogP contribution in [0.4, 0.5) is 0 Å². The molecule has 1 aliphatic heterocycles. The molecule has 0 amide bonds. The fraction of sp³-hybridized carbons (Fsp3) is 0.100. The quantitative estimate of drug-likeness (QED) is 0.608. The van der Waals surface area contributed by atoms with Crippen molar-refractivity contribution in [3.8, 4) is 0 Å². The fourth-order valence-electron chi connectivity index (χ4n) is 1.15. The Kier molecular flexibility index (Phi) is 1.92. The number of thiocarbonyl (C=S) groups is 1. The monoisotopic (exact) mass is 176 g/mol. The summed E-state index contributed by atoms with van der Waals surface area (Å²) in [5.41, 5.74) is 1.09. The van der Waals surface area contributed by atoms with Gasteiger partial charge in [-0.05, 0) is 6.08 Å². The average Bonchev–Trinajstić information content (AvgIpc) is 2.54. The van der Waals surface area contributed by atoms with Gasteiger partial charge in [0.2, 0.25) is 0 Å². The molecular weight excluding hydrogens is 168 g/mol. The molecule has 0 spiro atoms. The molecule has 0 saturated carbocycles. The minimum Gasteiger partial charge on any atom is -0.487 e. The third-order valence-electron chi connectivity index (χ3n) is 1.72. The molecule has 0 fully saturated rings. The van der Waals surface area contributed by atoms with Gasteiger partial charge in [-0.1, -0.05) is 42.5 Å². The Morgan fingerprint density at radius 1 is 1.17 bits per heavy atom. The molecular formula is C10H8OS. The Morgan fingerprint density at radius 2 is 1.92 bits per heavy atom. The van der Waals surface area contributed by atoms with Crippen molar-refractivity contribution >= 4 is 22.8 Å². The Labute approximate surface area is 76.7 Å². The van der Waals surface area contributed by atoms with Crippen LogP contribution in [0.1, 0.15) is 5.56 Å². The molecule has 2 rings (SSSR count). The van der Waals surface area contributed by atoms with Crippen molar-refractivity contribution in [3.63, 3.8) is 0 Å². The highest BCUT2D eigenvalue weighted by atomic mass is 32.1. The van der Waals surface area contributed by atoms with Crippen molar-refractivity contribution in [2.24, 2.45) is 0 Å². The van der Waals surface area contributed by atoms with Gasteiger partial charge in [-0.2, -0.15) is 0 Å². The fourth-order valence-corrected chi connectivity index (χ4v) is 1.31. The molecule has 0 radical (unpaired) electrons. The van der Waals surface area contributed by atoms with Crippen molar-refractivity contribution in [3.05, 3.63) is 42.0 Å². The van der Waals surface area contributed by atoms with E-state index in [2.05, 4.69) is 0 Å². The normalized spacial score (nSPS) is 15.7. The second-order valence-electron chi connectivity index (χ2n) is 2.63. The number of rotatable bonds is 1. The number of hydrogen-bond donors (Lipinski definition) is 0. The number of ether oxygens (including phenoxy) is 1. The summed E-state index contributed by atoms with van der Waals surface area (Å²) >= 11 is 4.99. The average molecular weight is 176 g/mol. The van der Waals surface area contributed by atoms with E-state index in [1.54, 1.807) is 0 Å². The lowest BCUT2D eigenvalue weighted by molar-refractivity contribution is 0.346. The lowest BCUT2D eigenvalue weighted by Gasteiger charge is -2.01. The van der Waals surface area contributed by atoms with Crippen LogP contribution in [0.15, 0.2) is 36.4 Å². The van der Waals surface area contributed by atoms with Crippen LogP contribution in [0.3, 0.4) is 0 Å². The molecule has 0 saturated heterocycles. The van der Waals surface area contributed by atoms with Crippen molar-refractivity contribution in [2.75, 3.05) is 6.61 Å². The highest BCUT2D eigenvalue weighted by Gasteiger charge is 2.10. The lowest BCUT2D eigenvalue weighted by Crippen LogP contribution is -1.90. The van der Waals surface area contributed by atoms with Gasteiger partial charge < -0.3 is 4.74 Å². The number of benzene rings is 1. The van der Waals surface area contributed by atoms with Gasteiger partial charge in [-0.15, -0.1) is 0 Å². The zero-order valence-electron chi connectivity index (χ0n) is 6.49. The van der Waals surface area contributed by atoms with Gasteiger partial charge in [0.25, 0.3) is 0 Å². The predicted molar refractivity (Wildman–Crippen MR) is 53.0 cm³/mol. The smallest absolute Gasteiger partial charge is 0.128 e. The van der Waals surface area contributed by atoms with Gasteiger partial charge in [0.15, 0.2) is 0 Å². The Hall–Kier alpha value is -1.15. The van der Waals surface area contributed by atoms with Crippen molar-refractivity contribution in [2.45, 2.75) is 0 Å². The van der Waals surface area contributed by atoms with E-state index in [1.807, 2.05) is 36.4 Å². The van der Waals surface area contributed by atoms with Crippen LogP contribution in [-0.4, -0.2) is 11.5 Å². The maximum atomic E-state index is 5.37. The third kappa shape index (κ3) is 1.38.